The number of carbonyl (C=O) groups is 1. The van der Waals surface area contributed by atoms with Gasteiger partial charge in [0.05, 0.1) is 17.8 Å². The molecule has 0 fully saturated rings. The Morgan fingerprint density at radius 2 is 1.83 bits per heavy atom. The summed E-state index contributed by atoms with van der Waals surface area (Å²) in [7, 11) is 0. The third kappa shape index (κ3) is 4.40. The molecule has 0 radical (unpaired) electrons. The second-order valence-electron chi connectivity index (χ2n) is 6.58. The first-order valence-electron chi connectivity index (χ1n) is 9.00. The van der Waals surface area contributed by atoms with Crippen molar-refractivity contribution in [3.8, 4) is 11.4 Å². The van der Waals surface area contributed by atoms with E-state index in [0.29, 0.717) is 17.9 Å². The first kappa shape index (κ1) is 19.4. The number of hydrogen-bond acceptors (Lipinski definition) is 3. The molecule has 4 aromatic rings. The summed E-state index contributed by atoms with van der Waals surface area (Å²) < 4.78 is 40.3. The molecule has 0 aliphatic rings. The first-order valence-corrected chi connectivity index (χ1v) is 9.00. The number of H-pyrrole nitrogens is 1. The van der Waals surface area contributed by atoms with Gasteiger partial charge in [0.15, 0.2) is 5.82 Å². The molecule has 2 aromatic heterocycles. The molecule has 30 heavy (non-hydrogen) atoms. The van der Waals surface area contributed by atoms with Crippen molar-refractivity contribution in [2.24, 2.45) is 0 Å². The number of carbonyl (C=O) groups excluding carboxylic acids is 1. The Bertz CT molecular complexity index is 1160. The zero-order valence-electron chi connectivity index (χ0n) is 15.5. The Balaban J connectivity index is 1.45. The summed E-state index contributed by atoms with van der Waals surface area (Å²) >= 11 is 0. The van der Waals surface area contributed by atoms with Crippen LogP contribution in [-0.2, 0) is 12.7 Å². The number of nitrogens with zero attached hydrogens (tertiary/aromatic N) is 3. The minimum atomic E-state index is -4.52. The van der Waals surface area contributed by atoms with Crippen molar-refractivity contribution in [1.29, 1.82) is 0 Å². The van der Waals surface area contributed by atoms with Crippen LogP contribution in [0.25, 0.3) is 11.4 Å². The normalized spacial score (nSPS) is 11.4. The van der Waals surface area contributed by atoms with E-state index in [9.17, 15) is 18.0 Å². The van der Waals surface area contributed by atoms with E-state index in [1.807, 2.05) is 36.5 Å². The molecule has 0 aliphatic carbocycles. The molecule has 0 atom stereocenters. The molecule has 0 bridgehead atoms. The van der Waals surface area contributed by atoms with Crippen molar-refractivity contribution in [2.45, 2.75) is 12.7 Å². The number of halogens is 3. The Labute approximate surface area is 169 Å². The van der Waals surface area contributed by atoms with Crippen molar-refractivity contribution < 1.29 is 18.0 Å². The summed E-state index contributed by atoms with van der Waals surface area (Å²) in [4.78, 5) is 12.3. The maximum atomic E-state index is 12.8. The number of aromatic nitrogens is 4. The molecule has 9 heteroatoms. The highest BCUT2D eigenvalue weighted by molar-refractivity contribution is 6.04. The van der Waals surface area contributed by atoms with Gasteiger partial charge in [-0.2, -0.15) is 23.4 Å². The van der Waals surface area contributed by atoms with E-state index in [2.05, 4.69) is 20.6 Å². The van der Waals surface area contributed by atoms with E-state index in [1.165, 1.54) is 12.1 Å². The van der Waals surface area contributed by atoms with Gasteiger partial charge in [-0.05, 0) is 29.8 Å². The summed E-state index contributed by atoms with van der Waals surface area (Å²) in [5.41, 5.74) is 1.30. The number of aromatic amines is 1. The van der Waals surface area contributed by atoms with Gasteiger partial charge in [-0.15, -0.1) is 0 Å². The number of alkyl halides is 3. The predicted octanol–water partition coefficient (Wildman–Crippen LogP) is 4.59. The number of anilines is 1. The highest BCUT2D eigenvalue weighted by Gasteiger charge is 2.30. The fourth-order valence-electron chi connectivity index (χ4n) is 2.91. The third-order valence-corrected chi connectivity index (χ3v) is 4.38. The molecule has 0 aliphatic heterocycles. The minimum Gasteiger partial charge on any atom is -0.305 e. The lowest BCUT2D eigenvalue weighted by atomic mass is 10.1. The van der Waals surface area contributed by atoms with Gasteiger partial charge in [0.25, 0.3) is 5.91 Å². The van der Waals surface area contributed by atoms with Gasteiger partial charge < -0.3 is 5.32 Å². The number of amides is 1. The Morgan fingerprint density at radius 1 is 1.03 bits per heavy atom. The summed E-state index contributed by atoms with van der Waals surface area (Å²) in [5, 5.41) is 13.7. The molecule has 0 saturated heterocycles. The predicted molar refractivity (Wildman–Crippen MR) is 105 cm³/mol. The number of rotatable bonds is 5. The standard InChI is InChI=1S/C21H16F3N5O/c22-21(23,24)16-8-4-7-15(11-16)20(30)25-19-12-18(26-27-19)17-9-10-29(28-17)13-14-5-2-1-3-6-14/h1-12H,13H2,(H2,25,26,27,30). The van der Waals surface area contributed by atoms with Crippen molar-refractivity contribution in [2.75, 3.05) is 5.32 Å². The molecule has 6 nitrogen and oxygen atoms in total. The molecule has 2 aromatic carbocycles. The quantitative estimate of drug-likeness (QED) is 0.504. The van der Waals surface area contributed by atoms with E-state index in [1.54, 1.807) is 16.8 Å². The van der Waals surface area contributed by atoms with E-state index < -0.39 is 17.6 Å². The lowest BCUT2D eigenvalue weighted by Crippen LogP contribution is -2.14. The van der Waals surface area contributed by atoms with Gasteiger partial charge in [-0.3, -0.25) is 14.6 Å². The van der Waals surface area contributed by atoms with Crippen molar-refractivity contribution in [1.82, 2.24) is 20.0 Å². The van der Waals surface area contributed by atoms with Crippen LogP contribution in [0, 0.1) is 0 Å². The first-order chi connectivity index (χ1) is 14.4. The average Bonchev–Trinajstić information content (AvgIpc) is 3.38. The van der Waals surface area contributed by atoms with Gasteiger partial charge in [0.1, 0.15) is 5.69 Å². The zero-order valence-corrected chi connectivity index (χ0v) is 15.5. The SMILES string of the molecule is O=C(Nc1cc(-c2ccn(Cc3ccccc3)n2)[nH]n1)c1cccc(C(F)(F)F)c1. The smallest absolute Gasteiger partial charge is 0.305 e. The van der Waals surface area contributed by atoms with E-state index in [0.717, 1.165) is 17.7 Å². The highest BCUT2D eigenvalue weighted by atomic mass is 19.4. The van der Waals surface area contributed by atoms with Crippen molar-refractivity contribution in [3.63, 3.8) is 0 Å². The van der Waals surface area contributed by atoms with Gasteiger partial charge in [-0.1, -0.05) is 36.4 Å². The summed E-state index contributed by atoms with van der Waals surface area (Å²) in [6, 6.07) is 17.4. The monoisotopic (exact) mass is 411 g/mol. The molecule has 2 heterocycles. The summed E-state index contributed by atoms with van der Waals surface area (Å²) in [6.07, 6.45) is -2.70. The molecule has 4 rings (SSSR count). The van der Waals surface area contributed by atoms with Crippen molar-refractivity contribution in [3.05, 3.63) is 89.6 Å². The Morgan fingerprint density at radius 3 is 2.60 bits per heavy atom. The lowest BCUT2D eigenvalue weighted by molar-refractivity contribution is -0.137. The topological polar surface area (TPSA) is 75.6 Å². The van der Waals surface area contributed by atoms with Crippen LogP contribution in [0.2, 0.25) is 0 Å². The van der Waals surface area contributed by atoms with Crippen molar-refractivity contribution >= 4 is 11.7 Å². The van der Waals surface area contributed by atoms with Gasteiger partial charge >= 0.3 is 6.18 Å². The Hall–Kier alpha value is -3.88. The number of hydrogen-bond donors (Lipinski definition) is 2. The third-order valence-electron chi connectivity index (χ3n) is 4.38. The van der Waals surface area contributed by atoms with Crippen LogP contribution in [-0.4, -0.2) is 25.9 Å². The molecule has 0 spiro atoms. The average molecular weight is 411 g/mol. The van der Waals surface area contributed by atoms with Crippen LogP contribution in [0.3, 0.4) is 0 Å². The van der Waals surface area contributed by atoms with E-state index in [-0.39, 0.29) is 11.4 Å². The van der Waals surface area contributed by atoms with Crippen LogP contribution in [0.15, 0.2) is 72.9 Å². The van der Waals surface area contributed by atoms with Crippen LogP contribution >= 0.6 is 0 Å². The lowest BCUT2D eigenvalue weighted by Gasteiger charge is -2.08. The van der Waals surface area contributed by atoms with Crippen LogP contribution in [0.1, 0.15) is 21.5 Å². The molecule has 0 saturated carbocycles. The van der Waals surface area contributed by atoms with Gasteiger partial charge in [0, 0.05) is 17.8 Å². The van der Waals surface area contributed by atoms with Crippen LogP contribution in [0.5, 0.6) is 0 Å². The van der Waals surface area contributed by atoms with Crippen LogP contribution < -0.4 is 5.32 Å². The highest BCUT2D eigenvalue weighted by Crippen LogP contribution is 2.29. The molecule has 0 unspecified atom stereocenters. The molecule has 152 valence electrons. The Kier molecular flexibility index (Phi) is 5.09. The fraction of sp³-hybridized carbons (Fsp3) is 0.0952. The molecule has 2 N–H and O–H groups in total. The minimum absolute atomic E-state index is 0.110. The summed E-state index contributed by atoms with van der Waals surface area (Å²) in [5.74, 6) is -0.501. The van der Waals surface area contributed by atoms with E-state index in [4.69, 9.17) is 0 Å². The maximum absolute atomic E-state index is 12.8. The second kappa shape index (κ2) is 7.86. The van der Waals surface area contributed by atoms with E-state index >= 15 is 0 Å². The van der Waals surface area contributed by atoms with Gasteiger partial charge in [-0.25, -0.2) is 0 Å². The summed E-state index contributed by atoms with van der Waals surface area (Å²) in [6.45, 7) is 0.605. The maximum Gasteiger partial charge on any atom is 0.416 e. The second-order valence-corrected chi connectivity index (χ2v) is 6.58. The fourth-order valence-corrected chi connectivity index (χ4v) is 2.91. The number of nitrogens with one attached hydrogen (secondary N) is 2. The van der Waals surface area contributed by atoms with Crippen LogP contribution in [0.4, 0.5) is 19.0 Å². The largest absolute Gasteiger partial charge is 0.416 e. The zero-order chi connectivity index (χ0) is 21.1. The van der Waals surface area contributed by atoms with Gasteiger partial charge in [0.2, 0.25) is 0 Å². The number of benzene rings is 2. The molecular weight excluding hydrogens is 395 g/mol. The molecule has 1 amide bonds. The molecular formula is C21H16F3N5O.